The monoisotopic (exact) mass is 443 g/mol. The highest BCUT2D eigenvalue weighted by molar-refractivity contribution is 5.94. The third kappa shape index (κ3) is 4.48. The highest BCUT2D eigenvalue weighted by atomic mass is 35.5. The fraction of sp³-hybridized carbons (Fsp3) is 0.522. The van der Waals surface area contributed by atoms with Crippen molar-refractivity contribution in [1.82, 2.24) is 25.3 Å². The second-order valence-corrected chi connectivity index (χ2v) is 8.86. The lowest BCUT2D eigenvalue weighted by molar-refractivity contribution is -0.148. The van der Waals surface area contributed by atoms with Crippen LogP contribution in [-0.2, 0) is 11.3 Å². The predicted molar refractivity (Wildman–Crippen MR) is 120 cm³/mol. The summed E-state index contributed by atoms with van der Waals surface area (Å²) in [6, 6.07) is 9.98. The van der Waals surface area contributed by atoms with Crippen LogP contribution >= 0.6 is 12.4 Å². The zero-order valence-corrected chi connectivity index (χ0v) is 18.4. The van der Waals surface area contributed by atoms with Crippen molar-refractivity contribution in [2.24, 2.45) is 11.8 Å². The number of amides is 2. The van der Waals surface area contributed by atoms with Gasteiger partial charge in [-0.05, 0) is 61.4 Å². The molecule has 5 rings (SSSR count). The van der Waals surface area contributed by atoms with Crippen LogP contribution in [0.15, 0.2) is 42.7 Å². The molecule has 2 amide bonds. The van der Waals surface area contributed by atoms with Crippen LogP contribution in [0.2, 0.25) is 0 Å². The van der Waals surface area contributed by atoms with Gasteiger partial charge < -0.3 is 15.5 Å². The molecule has 1 aromatic heterocycles. The summed E-state index contributed by atoms with van der Waals surface area (Å²) in [6.07, 6.45) is 7.53. The third-order valence-electron chi connectivity index (χ3n) is 6.96. The molecule has 0 radical (unpaired) electrons. The summed E-state index contributed by atoms with van der Waals surface area (Å²) >= 11 is 0. The van der Waals surface area contributed by atoms with Crippen molar-refractivity contribution in [2.45, 2.75) is 44.3 Å². The number of carbonyl (C=O) groups excluding carboxylic acids is 2. The summed E-state index contributed by atoms with van der Waals surface area (Å²) in [5, 5.41) is 10.9. The van der Waals surface area contributed by atoms with E-state index in [0.29, 0.717) is 43.0 Å². The fourth-order valence-electron chi connectivity index (χ4n) is 5.59. The van der Waals surface area contributed by atoms with Crippen molar-refractivity contribution in [3.8, 4) is 0 Å². The number of nitrogens with zero attached hydrogens (tertiary/aromatic N) is 3. The largest absolute Gasteiger partial charge is 0.350 e. The molecule has 31 heavy (non-hydrogen) atoms. The second-order valence-electron chi connectivity index (χ2n) is 8.86. The van der Waals surface area contributed by atoms with Crippen molar-refractivity contribution in [3.63, 3.8) is 0 Å². The van der Waals surface area contributed by atoms with Crippen LogP contribution in [-0.4, -0.2) is 58.2 Å². The first kappa shape index (κ1) is 21.8. The highest BCUT2D eigenvalue weighted by Crippen LogP contribution is 2.39. The molecule has 4 heterocycles. The predicted octanol–water partition coefficient (Wildman–Crippen LogP) is 2.07. The average molecular weight is 444 g/mol. The molecule has 166 valence electrons. The van der Waals surface area contributed by atoms with Crippen LogP contribution in [0.5, 0.6) is 0 Å². The van der Waals surface area contributed by atoms with Crippen LogP contribution in [0, 0.1) is 11.8 Å². The van der Waals surface area contributed by atoms with Gasteiger partial charge in [0, 0.05) is 43.5 Å². The Morgan fingerprint density at radius 2 is 2.10 bits per heavy atom. The normalized spacial score (nSPS) is 27.2. The van der Waals surface area contributed by atoms with Crippen LogP contribution in [0.25, 0.3) is 0 Å². The van der Waals surface area contributed by atoms with Gasteiger partial charge in [-0.3, -0.25) is 14.3 Å². The molecule has 1 aromatic carbocycles. The number of rotatable bonds is 5. The molecule has 0 unspecified atom stereocenters. The van der Waals surface area contributed by atoms with Gasteiger partial charge in [0.1, 0.15) is 0 Å². The van der Waals surface area contributed by atoms with E-state index in [1.54, 1.807) is 6.20 Å². The number of fused-ring (bicyclic) bond motifs is 4. The van der Waals surface area contributed by atoms with E-state index >= 15 is 0 Å². The number of benzene rings is 1. The summed E-state index contributed by atoms with van der Waals surface area (Å²) in [4.78, 5) is 27.8. The van der Waals surface area contributed by atoms with E-state index in [2.05, 4.69) is 20.6 Å². The van der Waals surface area contributed by atoms with E-state index in [4.69, 9.17) is 0 Å². The van der Waals surface area contributed by atoms with Crippen molar-refractivity contribution in [1.29, 1.82) is 0 Å². The number of nitrogens with one attached hydrogen (secondary N) is 2. The minimum Gasteiger partial charge on any atom is -0.350 e. The van der Waals surface area contributed by atoms with Gasteiger partial charge in [0.25, 0.3) is 5.91 Å². The quantitative estimate of drug-likeness (QED) is 0.741. The molecule has 0 aliphatic carbocycles. The number of halogens is 1. The maximum Gasteiger partial charge on any atom is 0.251 e. The van der Waals surface area contributed by atoms with Crippen LogP contribution in [0.4, 0.5) is 0 Å². The molecule has 2 bridgehead atoms. The van der Waals surface area contributed by atoms with Gasteiger partial charge in [-0.25, -0.2) is 0 Å². The molecule has 3 fully saturated rings. The standard InChI is InChI=1S/C23H29N5O2.ClH/c29-22-7-2-6-20-18-11-19(13-24-12-18)21(28(20)22)14-25-23(30)17-5-1-4-16(10-17)15-27-9-3-8-26-27;/h1,3-5,8-10,18-21,24H,2,6-7,11-15H2,(H,25,30);1H/t18-,19+,20+,21+;/m1./s1. The van der Waals surface area contributed by atoms with Gasteiger partial charge in [0.2, 0.25) is 5.91 Å². The molecule has 4 atom stereocenters. The molecule has 7 nitrogen and oxygen atoms in total. The lowest BCUT2D eigenvalue weighted by Crippen LogP contribution is -2.66. The van der Waals surface area contributed by atoms with Crippen molar-refractivity contribution >= 4 is 24.2 Å². The van der Waals surface area contributed by atoms with E-state index in [-0.39, 0.29) is 30.3 Å². The SMILES string of the molecule is Cl.O=C(NC[C@H]1[C@@H]2CNC[C@@H](C2)[C@@H]2CCCC(=O)N21)c1cccc(Cn2cccn2)c1. The van der Waals surface area contributed by atoms with E-state index in [9.17, 15) is 9.59 Å². The summed E-state index contributed by atoms with van der Waals surface area (Å²) in [7, 11) is 0. The summed E-state index contributed by atoms with van der Waals surface area (Å²) < 4.78 is 1.84. The zero-order valence-electron chi connectivity index (χ0n) is 17.6. The second kappa shape index (κ2) is 9.40. The summed E-state index contributed by atoms with van der Waals surface area (Å²) in [6.45, 7) is 3.08. The minimum atomic E-state index is -0.0794. The molecule has 3 aliphatic heterocycles. The van der Waals surface area contributed by atoms with Gasteiger partial charge in [-0.1, -0.05) is 12.1 Å². The lowest BCUT2D eigenvalue weighted by atomic mass is 9.72. The molecule has 2 N–H and O–H groups in total. The van der Waals surface area contributed by atoms with Gasteiger partial charge in [-0.2, -0.15) is 5.10 Å². The Morgan fingerprint density at radius 3 is 2.94 bits per heavy atom. The van der Waals surface area contributed by atoms with Gasteiger partial charge >= 0.3 is 0 Å². The highest BCUT2D eigenvalue weighted by Gasteiger charge is 2.47. The van der Waals surface area contributed by atoms with Crippen LogP contribution in [0.3, 0.4) is 0 Å². The van der Waals surface area contributed by atoms with Gasteiger partial charge in [0.05, 0.1) is 12.6 Å². The molecule has 0 spiro atoms. The third-order valence-corrected chi connectivity index (χ3v) is 6.96. The van der Waals surface area contributed by atoms with E-state index < -0.39 is 0 Å². The summed E-state index contributed by atoms with van der Waals surface area (Å²) in [5.74, 6) is 1.15. The number of hydrogen-bond donors (Lipinski definition) is 2. The number of hydrogen-bond acceptors (Lipinski definition) is 4. The lowest BCUT2D eigenvalue weighted by Gasteiger charge is -2.54. The van der Waals surface area contributed by atoms with Crippen LogP contribution in [0.1, 0.15) is 41.6 Å². The number of carbonyl (C=O) groups is 2. The van der Waals surface area contributed by atoms with Crippen LogP contribution < -0.4 is 10.6 Å². The molecule has 3 aliphatic rings. The molecular formula is C23H30ClN5O2. The van der Waals surface area contributed by atoms with E-state index in [0.717, 1.165) is 37.9 Å². The average Bonchev–Trinajstić information content (AvgIpc) is 3.27. The Bertz CT molecular complexity index is 918. The first-order chi connectivity index (χ1) is 14.7. The molecule has 8 heteroatoms. The van der Waals surface area contributed by atoms with Gasteiger partial charge in [-0.15, -0.1) is 12.4 Å². The van der Waals surface area contributed by atoms with E-state index in [1.807, 2.05) is 41.2 Å². The van der Waals surface area contributed by atoms with Gasteiger partial charge in [0.15, 0.2) is 0 Å². The van der Waals surface area contributed by atoms with Crippen molar-refractivity contribution < 1.29 is 9.59 Å². The molecular weight excluding hydrogens is 414 g/mol. The Hall–Kier alpha value is -2.38. The summed E-state index contributed by atoms with van der Waals surface area (Å²) in [5.41, 5.74) is 1.69. The topological polar surface area (TPSA) is 79.3 Å². The Labute approximate surface area is 189 Å². The van der Waals surface area contributed by atoms with E-state index in [1.165, 1.54) is 0 Å². The first-order valence-corrected chi connectivity index (χ1v) is 11.1. The van der Waals surface area contributed by atoms with Crippen molar-refractivity contribution in [2.75, 3.05) is 19.6 Å². The Kier molecular flexibility index (Phi) is 6.62. The minimum absolute atomic E-state index is 0. The zero-order chi connectivity index (χ0) is 20.5. The Balaban J connectivity index is 0.00000231. The Morgan fingerprint density at radius 1 is 1.23 bits per heavy atom. The molecule has 0 saturated carbocycles. The maximum atomic E-state index is 12.9. The smallest absolute Gasteiger partial charge is 0.251 e. The maximum absolute atomic E-state index is 12.9. The molecule has 3 saturated heterocycles. The van der Waals surface area contributed by atoms with Crippen molar-refractivity contribution in [3.05, 3.63) is 53.9 Å². The molecule has 2 aromatic rings. The fourth-order valence-corrected chi connectivity index (χ4v) is 5.59. The first-order valence-electron chi connectivity index (χ1n) is 11.1. The number of aromatic nitrogens is 2. The number of piperidine rings is 3.